The molecular weight excluding hydrogens is 358 g/mol. The van der Waals surface area contributed by atoms with E-state index in [1.807, 2.05) is 67.7 Å². The molecule has 0 aromatic heterocycles. The highest BCUT2D eigenvalue weighted by Gasteiger charge is 2.65. The average molecular weight is 384 g/mol. The third-order valence-electron chi connectivity index (χ3n) is 6.00. The van der Waals surface area contributed by atoms with E-state index in [4.69, 9.17) is 0 Å². The summed E-state index contributed by atoms with van der Waals surface area (Å²) < 4.78 is 0. The van der Waals surface area contributed by atoms with E-state index < -0.39 is 29.6 Å². The van der Waals surface area contributed by atoms with Crippen LogP contribution in [0, 0.1) is 39.5 Å². The van der Waals surface area contributed by atoms with Gasteiger partial charge in [0.2, 0.25) is 0 Å². The fraction of sp³-hybridized carbons (Fsp3) is 0.429. The number of aryl methyl sites for hydroxylation is 2. The van der Waals surface area contributed by atoms with Crippen molar-refractivity contribution in [2.45, 2.75) is 51.9 Å². The number of hydrogen-bond donors (Lipinski definition) is 1. The monoisotopic (exact) mass is 384 g/mol. The number of nitrogens with two attached hydrogens (primary N) is 1. The van der Waals surface area contributed by atoms with Crippen LogP contribution in [-0.4, -0.2) is 21.9 Å². The highest BCUT2D eigenvalue weighted by atomic mass is 16.6. The lowest BCUT2D eigenvalue weighted by atomic mass is 9.66. The van der Waals surface area contributed by atoms with Crippen molar-refractivity contribution >= 4 is 0 Å². The number of nitro groups is 2. The molecule has 7 heteroatoms. The molecule has 1 aliphatic heterocycles. The van der Waals surface area contributed by atoms with Crippen molar-refractivity contribution in [1.82, 2.24) is 0 Å². The predicted octanol–water partition coefficient (Wildman–Crippen LogP) is 2.98. The maximum Gasteiger partial charge on any atom is 0.279 e. The molecule has 1 fully saturated rings. The van der Waals surface area contributed by atoms with Gasteiger partial charge in [-0.1, -0.05) is 59.7 Å². The molecule has 0 unspecified atom stereocenters. The summed E-state index contributed by atoms with van der Waals surface area (Å²) in [6, 6.07) is 12.1. The van der Waals surface area contributed by atoms with Crippen LogP contribution < -0.4 is 5.32 Å². The highest BCUT2D eigenvalue weighted by molar-refractivity contribution is 5.28. The van der Waals surface area contributed by atoms with Crippen molar-refractivity contribution in [1.29, 1.82) is 0 Å². The molecule has 0 radical (unpaired) electrons. The quantitative estimate of drug-likeness (QED) is 0.646. The first-order valence-corrected chi connectivity index (χ1v) is 9.38. The first-order chi connectivity index (χ1) is 13.1. The van der Waals surface area contributed by atoms with Crippen LogP contribution in [0.5, 0.6) is 0 Å². The predicted molar refractivity (Wildman–Crippen MR) is 105 cm³/mol. The summed E-state index contributed by atoms with van der Waals surface area (Å²) in [5.74, 6) is 0. The second-order valence-electron chi connectivity index (χ2n) is 8.35. The molecule has 0 aliphatic carbocycles. The molecule has 1 aliphatic rings. The fourth-order valence-corrected chi connectivity index (χ4v) is 4.50. The van der Waals surface area contributed by atoms with Crippen LogP contribution in [0.15, 0.2) is 48.5 Å². The topological polar surface area (TPSA) is 103 Å². The second kappa shape index (κ2) is 7.31. The Bertz CT molecular complexity index is 806. The van der Waals surface area contributed by atoms with E-state index in [0.29, 0.717) is 0 Å². The molecule has 0 bridgehead atoms. The summed E-state index contributed by atoms with van der Waals surface area (Å²) in [4.78, 5) is 23.4. The van der Waals surface area contributed by atoms with Crippen molar-refractivity contribution in [3.63, 3.8) is 0 Å². The number of quaternary nitrogens is 1. The van der Waals surface area contributed by atoms with Crippen molar-refractivity contribution in [3.05, 3.63) is 91.0 Å². The molecule has 2 N–H and O–H groups in total. The smallest absolute Gasteiger partial charge is 0.279 e. The van der Waals surface area contributed by atoms with Gasteiger partial charge in [0.25, 0.3) is 12.1 Å². The van der Waals surface area contributed by atoms with E-state index in [0.717, 1.165) is 22.3 Å². The van der Waals surface area contributed by atoms with Gasteiger partial charge < -0.3 is 5.32 Å². The van der Waals surface area contributed by atoms with Crippen molar-refractivity contribution in [3.8, 4) is 0 Å². The maximum absolute atomic E-state index is 12.0. The largest absolute Gasteiger partial charge is 0.322 e. The van der Waals surface area contributed by atoms with Crippen LogP contribution >= 0.6 is 0 Å². The van der Waals surface area contributed by atoms with Crippen LogP contribution in [0.2, 0.25) is 0 Å². The lowest BCUT2D eigenvalue weighted by molar-refractivity contribution is -0.818. The van der Waals surface area contributed by atoms with E-state index in [1.165, 1.54) is 0 Å². The normalized spacial score (nSPS) is 26.6. The molecule has 1 saturated heterocycles. The lowest BCUT2D eigenvalue weighted by Gasteiger charge is -2.41. The Morgan fingerprint density at radius 1 is 0.750 bits per heavy atom. The summed E-state index contributed by atoms with van der Waals surface area (Å²) in [7, 11) is 0. The molecular formula is C21H26N3O4+. The molecule has 148 valence electrons. The number of benzene rings is 2. The van der Waals surface area contributed by atoms with E-state index in [2.05, 4.69) is 0 Å². The van der Waals surface area contributed by atoms with Crippen molar-refractivity contribution in [2.24, 2.45) is 5.41 Å². The zero-order chi connectivity index (χ0) is 20.6. The first kappa shape index (κ1) is 19.9. The molecule has 0 spiro atoms. The summed E-state index contributed by atoms with van der Waals surface area (Å²) >= 11 is 0. The van der Waals surface area contributed by atoms with E-state index >= 15 is 0 Å². The zero-order valence-electron chi connectivity index (χ0n) is 16.5. The lowest BCUT2D eigenvalue weighted by Crippen LogP contribution is -2.96. The van der Waals surface area contributed by atoms with Gasteiger partial charge in [0.15, 0.2) is 12.1 Å². The van der Waals surface area contributed by atoms with Crippen LogP contribution in [-0.2, 0) is 0 Å². The Hall–Kier alpha value is -2.80. The number of nitrogens with zero attached hydrogens (tertiary/aromatic N) is 2. The highest BCUT2D eigenvalue weighted by Crippen LogP contribution is 2.43. The van der Waals surface area contributed by atoms with Gasteiger partial charge in [0, 0.05) is 21.0 Å². The molecule has 3 rings (SSSR count). The molecule has 28 heavy (non-hydrogen) atoms. The summed E-state index contributed by atoms with van der Waals surface area (Å²) in [5.41, 5.74) is 2.63. The number of hydrogen-bond acceptors (Lipinski definition) is 4. The van der Waals surface area contributed by atoms with Gasteiger partial charge >= 0.3 is 0 Å². The molecule has 4 atom stereocenters. The van der Waals surface area contributed by atoms with Gasteiger partial charge in [-0.3, -0.25) is 20.2 Å². The minimum atomic E-state index is -1.13. The summed E-state index contributed by atoms with van der Waals surface area (Å²) in [6.45, 7) is 7.23. The Kier molecular flexibility index (Phi) is 5.21. The van der Waals surface area contributed by atoms with Crippen LogP contribution in [0.25, 0.3) is 0 Å². The fourth-order valence-electron chi connectivity index (χ4n) is 4.50. The van der Waals surface area contributed by atoms with Gasteiger partial charge in [0.1, 0.15) is 5.41 Å². The molecule has 2 aromatic carbocycles. The first-order valence-electron chi connectivity index (χ1n) is 9.38. The minimum Gasteiger partial charge on any atom is -0.322 e. The summed E-state index contributed by atoms with van der Waals surface area (Å²) in [5, 5.41) is 25.9. The van der Waals surface area contributed by atoms with Gasteiger partial charge in [-0.25, -0.2) is 0 Å². The standard InChI is InChI=1S/C21H25N3O4/c1-13-5-9-15(10-6-13)17-19(23(25)26)21(3,4)20(24(27)28)18(22-17)16-11-7-14(2)8-12-16/h5-12,17-20,22H,1-4H3/p+1/t17-,18+,19-,20-/m1/s1. The van der Waals surface area contributed by atoms with E-state index in [9.17, 15) is 20.2 Å². The zero-order valence-corrected chi connectivity index (χ0v) is 16.5. The molecule has 7 nitrogen and oxygen atoms in total. The van der Waals surface area contributed by atoms with Gasteiger partial charge in [-0.15, -0.1) is 0 Å². The molecule has 2 aromatic rings. The Morgan fingerprint density at radius 3 is 1.36 bits per heavy atom. The summed E-state index contributed by atoms with van der Waals surface area (Å²) in [6.07, 6.45) is 0. The molecule has 0 saturated carbocycles. The molecule has 1 heterocycles. The average Bonchev–Trinajstić information content (AvgIpc) is 2.60. The SMILES string of the molecule is Cc1ccc([C@H]2[NH2+][C@@H](c3ccc(C)cc3)[C@@H]([N+](=O)[O-])C(C)(C)[C@@H]2[N+](=O)[O-])cc1. The van der Waals surface area contributed by atoms with Gasteiger partial charge in [0.05, 0.1) is 0 Å². The van der Waals surface area contributed by atoms with E-state index in [1.54, 1.807) is 13.8 Å². The number of rotatable bonds is 4. The Labute approximate surface area is 164 Å². The maximum atomic E-state index is 12.0. The van der Waals surface area contributed by atoms with Crippen molar-refractivity contribution < 1.29 is 15.2 Å². The molecule has 0 amide bonds. The van der Waals surface area contributed by atoms with Gasteiger partial charge in [-0.2, -0.15) is 0 Å². The second-order valence-corrected chi connectivity index (χ2v) is 8.35. The van der Waals surface area contributed by atoms with Crippen molar-refractivity contribution in [2.75, 3.05) is 0 Å². The Balaban J connectivity index is 2.14. The third-order valence-corrected chi connectivity index (χ3v) is 6.00. The third kappa shape index (κ3) is 3.49. The number of piperidine rings is 1. The van der Waals surface area contributed by atoms with Gasteiger partial charge in [-0.05, 0) is 27.7 Å². The van der Waals surface area contributed by atoms with Crippen LogP contribution in [0.3, 0.4) is 0 Å². The van der Waals surface area contributed by atoms with Crippen LogP contribution in [0.1, 0.15) is 48.2 Å². The Morgan fingerprint density at radius 2 is 1.07 bits per heavy atom. The minimum absolute atomic E-state index is 0.344. The van der Waals surface area contributed by atoms with Crippen LogP contribution in [0.4, 0.5) is 0 Å². The van der Waals surface area contributed by atoms with E-state index in [-0.39, 0.29) is 9.85 Å².